The van der Waals surface area contributed by atoms with Crippen LogP contribution < -0.4 is 15.1 Å². The van der Waals surface area contributed by atoms with Gasteiger partial charge in [0.05, 0.1) is 40.9 Å². The molecule has 3 aromatic rings. The second-order valence-electron chi connectivity index (χ2n) is 10.2. The Morgan fingerprint density at radius 1 is 1.08 bits per heavy atom. The lowest BCUT2D eigenvalue weighted by Gasteiger charge is -2.42. The average molecular weight is 484 g/mol. The third kappa shape index (κ3) is 4.39. The monoisotopic (exact) mass is 483 g/mol. The predicted octanol–water partition coefficient (Wildman–Crippen LogP) is 3.08. The zero-order valence-corrected chi connectivity index (χ0v) is 21.0. The molecular weight excluding hydrogens is 450 g/mol. The Hall–Kier alpha value is -3.25. The van der Waals surface area contributed by atoms with Gasteiger partial charge in [0, 0.05) is 75.7 Å². The molecule has 0 aliphatic carbocycles. The molecule has 8 nitrogen and oxygen atoms in total. The summed E-state index contributed by atoms with van der Waals surface area (Å²) in [6.45, 7) is 11.9. The number of aromatic nitrogens is 2. The standard InChI is InChI=1S/C28H33N7O/c1-19-16-35(26-6-5-21(13-29)28-25(26)4-3-7-30-28)18-24(36-19)17-33-8-10-34(11-9-33)23-12-22-14-31-20(2)27(22)32-15-23/h3-7,12,15,19-20,24,31H,8-11,14,16-18H2,1-2H3/t19?,20-,24?/m1/s1. The first-order valence-corrected chi connectivity index (χ1v) is 13.0. The maximum absolute atomic E-state index is 9.51. The van der Waals surface area contributed by atoms with Crippen molar-refractivity contribution in [3.8, 4) is 6.07 Å². The molecule has 1 aromatic carbocycles. The van der Waals surface area contributed by atoms with Gasteiger partial charge < -0.3 is 19.9 Å². The molecular formula is C28H33N7O. The highest BCUT2D eigenvalue weighted by atomic mass is 16.5. The molecule has 0 spiro atoms. The van der Waals surface area contributed by atoms with Crippen molar-refractivity contribution in [2.75, 3.05) is 55.6 Å². The van der Waals surface area contributed by atoms with Crippen LogP contribution in [0.4, 0.5) is 11.4 Å². The van der Waals surface area contributed by atoms with E-state index in [-0.39, 0.29) is 12.2 Å². The van der Waals surface area contributed by atoms with Crippen LogP contribution in [0.1, 0.15) is 36.7 Å². The van der Waals surface area contributed by atoms with Crippen LogP contribution in [-0.2, 0) is 11.3 Å². The Morgan fingerprint density at radius 3 is 2.78 bits per heavy atom. The van der Waals surface area contributed by atoms with Gasteiger partial charge in [-0.1, -0.05) is 0 Å². The molecule has 2 aromatic heterocycles. The molecule has 36 heavy (non-hydrogen) atoms. The third-order valence-corrected chi connectivity index (χ3v) is 7.73. The second kappa shape index (κ2) is 9.66. The van der Waals surface area contributed by atoms with E-state index in [9.17, 15) is 5.26 Å². The second-order valence-corrected chi connectivity index (χ2v) is 10.2. The van der Waals surface area contributed by atoms with Gasteiger partial charge in [-0.3, -0.25) is 14.9 Å². The lowest BCUT2D eigenvalue weighted by atomic mass is 10.1. The Morgan fingerprint density at radius 2 is 1.94 bits per heavy atom. The molecule has 6 rings (SSSR count). The molecule has 3 aliphatic heterocycles. The molecule has 2 unspecified atom stereocenters. The van der Waals surface area contributed by atoms with Gasteiger partial charge in [-0.15, -0.1) is 0 Å². The van der Waals surface area contributed by atoms with Crippen molar-refractivity contribution in [2.24, 2.45) is 0 Å². The number of hydrogen-bond donors (Lipinski definition) is 1. The number of nitriles is 1. The summed E-state index contributed by atoms with van der Waals surface area (Å²) in [6, 6.07) is 12.9. The minimum Gasteiger partial charge on any atom is -0.370 e. The highest BCUT2D eigenvalue weighted by molar-refractivity contribution is 5.95. The summed E-state index contributed by atoms with van der Waals surface area (Å²) in [5.41, 5.74) is 6.29. The summed E-state index contributed by atoms with van der Waals surface area (Å²) < 4.78 is 6.39. The summed E-state index contributed by atoms with van der Waals surface area (Å²) in [5.74, 6) is 0. The average Bonchev–Trinajstić information content (AvgIpc) is 3.28. The largest absolute Gasteiger partial charge is 0.370 e. The molecule has 0 radical (unpaired) electrons. The van der Waals surface area contributed by atoms with E-state index in [1.165, 1.54) is 16.9 Å². The molecule has 1 N–H and O–H groups in total. The molecule has 0 bridgehead atoms. The summed E-state index contributed by atoms with van der Waals surface area (Å²) >= 11 is 0. The van der Waals surface area contributed by atoms with Crippen LogP contribution >= 0.6 is 0 Å². The van der Waals surface area contributed by atoms with Crippen LogP contribution in [-0.4, -0.2) is 72.9 Å². The maximum Gasteiger partial charge on any atom is 0.101 e. The molecule has 5 heterocycles. The van der Waals surface area contributed by atoms with Crippen LogP contribution in [0.3, 0.4) is 0 Å². The fourth-order valence-corrected chi connectivity index (χ4v) is 5.92. The van der Waals surface area contributed by atoms with Crippen LogP contribution in [0.15, 0.2) is 42.7 Å². The first-order chi connectivity index (χ1) is 17.6. The first kappa shape index (κ1) is 23.2. The Bertz CT molecular complexity index is 1300. The van der Waals surface area contributed by atoms with Gasteiger partial charge in [-0.25, -0.2) is 0 Å². The van der Waals surface area contributed by atoms with Gasteiger partial charge in [0.25, 0.3) is 0 Å². The van der Waals surface area contributed by atoms with Gasteiger partial charge in [-0.2, -0.15) is 5.26 Å². The molecule has 2 saturated heterocycles. The predicted molar refractivity (Wildman–Crippen MR) is 141 cm³/mol. The third-order valence-electron chi connectivity index (χ3n) is 7.73. The Labute approximate surface area is 212 Å². The number of anilines is 2. The summed E-state index contributed by atoms with van der Waals surface area (Å²) in [7, 11) is 0. The van der Waals surface area contributed by atoms with Crippen LogP contribution in [0.2, 0.25) is 0 Å². The number of hydrogen-bond acceptors (Lipinski definition) is 8. The van der Waals surface area contributed by atoms with Gasteiger partial charge in [0.2, 0.25) is 0 Å². The van der Waals surface area contributed by atoms with Crippen LogP contribution in [0, 0.1) is 11.3 Å². The smallest absolute Gasteiger partial charge is 0.101 e. The molecule has 186 valence electrons. The van der Waals surface area contributed by atoms with E-state index in [2.05, 4.69) is 63.1 Å². The summed E-state index contributed by atoms with van der Waals surface area (Å²) in [6.07, 6.45) is 4.07. The van der Waals surface area contributed by atoms with E-state index < -0.39 is 0 Å². The molecule has 0 saturated carbocycles. The van der Waals surface area contributed by atoms with Gasteiger partial charge >= 0.3 is 0 Å². The van der Waals surface area contributed by atoms with Crippen molar-refractivity contribution in [1.29, 1.82) is 5.26 Å². The van der Waals surface area contributed by atoms with Crippen LogP contribution in [0.25, 0.3) is 10.9 Å². The van der Waals surface area contributed by atoms with E-state index in [1.54, 1.807) is 6.20 Å². The number of benzene rings is 1. The number of ether oxygens (including phenoxy) is 1. The minimum atomic E-state index is 0.136. The zero-order chi connectivity index (χ0) is 24.6. The Balaban J connectivity index is 1.11. The van der Waals surface area contributed by atoms with Crippen molar-refractivity contribution in [1.82, 2.24) is 20.2 Å². The van der Waals surface area contributed by atoms with Crippen molar-refractivity contribution in [3.63, 3.8) is 0 Å². The maximum atomic E-state index is 9.51. The summed E-state index contributed by atoms with van der Waals surface area (Å²) in [4.78, 5) is 16.6. The molecule has 3 atom stereocenters. The van der Waals surface area contributed by atoms with Crippen molar-refractivity contribution in [3.05, 3.63) is 59.5 Å². The Kier molecular flexibility index (Phi) is 6.22. The number of piperazine rings is 1. The normalized spacial score (nSPS) is 24.6. The quantitative estimate of drug-likeness (QED) is 0.607. The highest BCUT2D eigenvalue weighted by Gasteiger charge is 2.30. The van der Waals surface area contributed by atoms with E-state index in [0.29, 0.717) is 11.6 Å². The number of pyridine rings is 2. The molecule has 0 amide bonds. The van der Waals surface area contributed by atoms with Gasteiger partial charge in [0.1, 0.15) is 6.07 Å². The summed E-state index contributed by atoms with van der Waals surface area (Å²) in [5, 5.41) is 14.0. The first-order valence-electron chi connectivity index (χ1n) is 13.0. The number of fused-ring (bicyclic) bond motifs is 2. The number of morpholine rings is 1. The van der Waals surface area contributed by atoms with Crippen LogP contribution in [0.5, 0.6) is 0 Å². The van der Waals surface area contributed by atoms with E-state index in [0.717, 1.165) is 68.9 Å². The number of rotatable bonds is 4. The SMILES string of the molecule is CC1CN(c2ccc(C#N)c3ncccc23)CC(CN2CCN(c3cnc4c(c3)CN[C@@H]4C)CC2)O1. The fourth-order valence-electron chi connectivity index (χ4n) is 5.92. The van der Waals surface area contributed by atoms with E-state index in [4.69, 9.17) is 9.72 Å². The van der Waals surface area contributed by atoms with E-state index >= 15 is 0 Å². The molecule has 8 heteroatoms. The van der Waals surface area contributed by atoms with Crippen molar-refractivity contribution in [2.45, 2.75) is 38.6 Å². The zero-order valence-electron chi connectivity index (χ0n) is 21.0. The van der Waals surface area contributed by atoms with Gasteiger partial charge in [-0.05, 0) is 49.7 Å². The number of nitrogens with zero attached hydrogens (tertiary/aromatic N) is 6. The van der Waals surface area contributed by atoms with E-state index in [1.807, 2.05) is 18.3 Å². The fraction of sp³-hybridized carbons (Fsp3) is 0.464. The lowest BCUT2D eigenvalue weighted by molar-refractivity contribution is -0.0327. The van der Waals surface area contributed by atoms with Crippen molar-refractivity contribution < 1.29 is 4.74 Å². The topological polar surface area (TPSA) is 80.6 Å². The molecule has 3 aliphatic rings. The molecule has 2 fully saturated rings. The lowest BCUT2D eigenvalue weighted by Crippen LogP contribution is -2.54. The highest BCUT2D eigenvalue weighted by Crippen LogP contribution is 2.31. The van der Waals surface area contributed by atoms with Crippen molar-refractivity contribution >= 4 is 22.3 Å². The van der Waals surface area contributed by atoms with Gasteiger partial charge in [0.15, 0.2) is 0 Å². The minimum absolute atomic E-state index is 0.136. The number of nitrogens with one attached hydrogen (secondary N) is 1.